The fraction of sp³-hybridized carbons (Fsp3) is 0.351. The van der Waals surface area contributed by atoms with Crippen LogP contribution in [-0.2, 0) is 12.8 Å². The Morgan fingerprint density at radius 3 is 2.28 bits per heavy atom. The fourth-order valence-electron chi connectivity index (χ4n) is 7.65. The second kappa shape index (κ2) is 10.6. The zero-order valence-electron chi connectivity index (χ0n) is 24.5. The van der Waals surface area contributed by atoms with Gasteiger partial charge in [0.05, 0.1) is 0 Å². The van der Waals surface area contributed by atoms with Gasteiger partial charge in [-0.25, -0.2) is 0 Å². The second-order valence-electron chi connectivity index (χ2n) is 11.8. The van der Waals surface area contributed by atoms with Gasteiger partial charge in [-0.1, -0.05) is 81.1 Å². The van der Waals surface area contributed by atoms with Crippen molar-refractivity contribution in [1.82, 2.24) is 0 Å². The molecule has 0 aliphatic heterocycles. The third kappa shape index (κ3) is 4.54. The van der Waals surface area contributed by atoms with Crippen LogP contribution in [0.2, 0.25) is 0 Å². The number of hydrogen-bond donors (Lipinski definition) is 2. The van der Waals surface area contributed by atoms with Gasteiger partial charge in [-0.2, -0.15) is 0 Å². The standard InChI is InChI=1S/C37H44N2/c1-8-26-15-17-32(31-13-11-10-12-30(26)31)33-16-14-21(3)23(5)34(33)20-27-19-28-18-22(4)35(25(7)38)24(6)36(28)37(39)29(27)9-2/h10-17,27-28,36H,6-9,18-20,38-39H2,1-5H3. The molecule has 4 N–H and O–H groups in total. The van der Waals surface area contributed by atoms with Crippen LogP contribution in [0.25, 0.3) is 21.9 Å². The molecule has 0 heterocycles. The van der Waals surface area contributed by atoms with E-state index in [9.17, 15) is 0 Å². The molecule has 0 saturated heterocycles. The summed E-state index contributed by atoms with van der Waals surface area (Å²) < 4.78 is 0. The first-order valence-corrected chi connectivity index (χ1v) is 14.6. The highest BCUT2D eigenvalue weighted by Gasteiger charge is 2.40. The number of aryl methyl sites for hydroxylation is 2. The van der Waals surface area contributed by atoms with Crippen LogP contribution in [-0.4, -0.2) is 0 Å². The topological polar surface area (TPSA) is 52.0 Å². The van der Waals surface area contributed by atoms with E-state index in [0.717, 1.165) is 48.9 Å². The van der Waals surface area contributed by atoms with Crippen LogP contribution in [0.4, 0.5) is 0 Å². The molecule has 0 spiro atoms. The predicted octanol–water partition coefficient (Wildman–Crippen LogP) is 8.85. The molecule has 5 rings (SSSR count). The van der Waals surface area contributed by atoms with Crippen LogP contribution in [0.1, 0.15) is 62.3 Å². The molecule has 2 aliphatic carbocycles. The average molecular weight is 517 g/mol. The largest absolute Gasteiger partial charge is 0.402 e. The Morgan fingerprint density at radius 1 is 0.923 bits per heavy atom. The van der Waals surface area contributed by atoms with Crippen molar-refractivity contribution in [1.29, 1.82) is 0 Å². The lowest BCUT2D eigenvalue weighted by Crippen LogP contribution is -2.37. The minimum Gasteiger partial charge on any atom is -0.402 e. The van der Waals surface area contributed by atoms with E-state index in [1.54, 1.807) is 0 Å². The normalized spacial score (nSPS) is 21.5. The Morgan fingerprint density at radius 2 is 1.62 bits per heavy atom. The third-order valence-electron chi connectivity index (χ3n) is 9.66. The Balaban J connectivity index is 1.61. The van der Waals surface area contributed by atoms with E-state index in [2.05, 4.69) is 96.3 Å². The van der Waals surface area contributed by atoms with Gasteiger partial charge in [0.15, 0.2) is 0 Å². The second-order valence-corrected chi connectivity index (χ2v) is 11.8. The first-order chi connectivity index (χ1) is 18.7. The lowest BCUT2D eigenvalue weighted by Gasteiger charge is -2.44. The molecular weight excluding hydrogens is 472 g/mol. The van der Waals surface area contributed by atoms with E-state index in [4.69, 9.17) is 11.5 Å². The van der Waals surface area contributed by atoms with Gasteiger partial charge in [0.25, 0.3) is 0 Å². The predicted molar refractivity (Wildman–Crippen MR) is 168 cm³/mol. The van der Waals surface area contributed by atoms with Crippen molar-refractivity contribution in [3.05, 3.63) is 118 Å². The first kappa shape index (κ1) is 27.1. The molecule has 0 bridgehead atoms. The zero-order chi connectivity index (χ0) is 28.0. The lowest BCUT2D eigenvalue weighted by molar-refractivity contribution is 0.292. The molecule has 202 valence electrons. The van der Waals surface area contributed by atoms with Crippen molar-refractivity contribution < 1.29 is 0 Å². The van der Waals surface area contributed by atoms with Crippen molar-refractivity contribution >= 4 is 10.8 Å². The summed E-state index contributed by atoms with van der Waals surface area (Å²) in [6.07, 6.45) is 5.13. The molecule has 2 nitrogen and oxygen atoms in total. The molecule has 0 aromatic heterocycles. The van der Waals surface area contributed by atoms with E-state index < -0.39 is 0 Å². The summed E-state index contributed by atoms with van der Waals surface area (Å²) in [6, 6.07) is 18.2. The molecule has 0 saturated carbocycles. The van der Waals surface area contributed by atoms with Gasteiger partial charge in [-0.3, -0.25) is 0 Å². The number of hydrogen-bond acceptors (Lipinski definition) is 2. The van der Waals surface area contributed by atoms with E-state index >= 15 is 0 Å². The molecule has 3 aromatic carbocycles. The maximum atomic E-state index is 7.04. The maximum Gasteiger partial charge on any atom is 0.0316 e. The van der Waals surface area contributed by atoms with Crippen molar-refractivity contribution in [3.63, 3.8) is 0 Å². The Hall–Kier alpha value is -3.52. The summed E-state index contributed by atoms with van der Waals surface area (Å²) in [5, 5.41) is 2.70. The molecule has 3 unspecified atom stereocenters. The molecule has 3 aromatic rings. The Bertz CT molecular complexity index is 1550. The number of allylic oxidation sites excluding steroid dienone is 4. The number of benzene rings is 3. The van der Waals surface area contributed by atoms with E-state index in [1.165, 1.54) is 55.3 Å². The van der Waals surface area contributed by atoms with Gasteiger partial charge >= 0.3 is 0 Å². The van der Waals surface area contributed by atoms with Crippen molar-refractivity contribution in [3.8, 4) is 11.1 Å². The minimum atomic E-state index is 0.166. The van der Waals surface area contributed by atoms with Crippen LogP contribution in [0, 0.1) is 31.6 Å². The lowest BCUT2D eigenvalue weighted by atomic mass is 9.62. The molecule has 0 fully saturated rings. The van der Waals surface area contributed by atoms with Gasteiger partial charge in [0.2, 0.25) is 0 Å². The van der Waals surface area contributed by atoms with Crippen LogP contribution >= 0.6 is 0 Å². The molecule has 3 atom stereocenters. The van der Waals surface area contributed by atoms with Crippen molar-refractivity contribution in [2.45, 2.75) is 66.7 Å². The summed E-state index contributed by atoms with van der Waals surface area (Å²) in [4.78, 5) is 0. The number of fused-ring (bicyclic) bond motifs is 2. The number of rotatable bonds is 6. The van der Waals surface area contributed by atoms with E-state index in [0.29, 0.717) is 17.5 Å². The maximum absolute atomic E-state index is 7.04. The van der Waals surface area contributed by atoms with Gasteiger partial charge in [0, 0.05) is 17.3 Å². The minimum absolute atomic E-state index is 0.166. The van der Waals surface area contributed by atoms with Crippen LogP contribution in [0.5, 0.6) is 0 Å². The summed E-state index contributed by atoms with van der Waals surface area (Å²) in [6.45, 7) is 19.8. The monoisotopic (exact) mass is 516 g/mol. The highest BCUT2D eigenvalue weighted by atomic mass is 14.7. The molecule has 0 amide bonds. The zero-order valence-corrected chi connectivity index (χ0v) is 24.5. The quantitative estimate of drug-likeness (QED) is 0.344. The smallest absolute Gasteiger partial charge is 0.0316 e. The molecular formula is C37H44N2. The Labute approximate surface area is 235 Å². The molecule has 2 aliphatic rings. The van der Waals surface area contributed by atoms with Gasteiger partial charge in [-0.05, 0) is 126 Å². The molecule has 2 heteroatoms. The van der Waals surface area contributed by atoms with E-state index in [1.807, 2.05) is 0 Å². The highest BCUT2D eigenvalue weighted by molar-refractivity contribution is 5.99. The number of nitrogens with two attached hydrogens (primary N) is 2. The summed E-state index contributed by atoms with van der Waals surface area (Å²) >= 11 is 0. The molecule has 39 heavy (non-hydrogen) atoms. The van der Waals surface area contributed by atoms with Crippen molar-refractivity contribution in [2.75, 3.05) is 0 Å². The molecule has 0 radical (unpaired) electrons. The summed E-state index contributed by atoms with van der Waals surface area (Å²) in [5.74, 6) is 1.04. The average Bonchev–Trinajstić information content (AvgIpc) is 2.90. The SMILES string of the molecule is C=C(N)C1=C(C)CC2CC(Cc3c(-c4ccc(CC)c5ccccc45)ccc(C)c3C)C(CC)=C(N)C2C1=C. The van der Waals surface area contributed by atoms with Gasteiger partial charge in [0.1, 0.15) is 0 Å². The van der Waals surface area contributed by atoms with Gasteiger partial charge < -0.3 is 11.5 Å². The van der Waals surface area contributed by atoms with Crippen LogP contribution in [0.3, 0.4) is 0 Å². The van der Waals surface area contributed by atoms with E-state index in [-0.39, 0.29) is 5.92 Å². The summed E-state index contributed by atoms with van der Waals surface area (Å²) in [5.41, 5.74) is 28.0. The van der Waals surface area contributed by atoms with Gasteiger partial charge in [-0.15, -0.1) is 0 Å². The Kier molecular flexibility index (Phi) is 7.33. The first-order valence-electron chi connectivity index (χ1n) is 14.6. The van der Waals surface area contributed by atoms with Crippen LogP contribution in [0.15, 0.2) is 95.4 Å². The summed E-state index contributed by atoms with van der Waals surface area (Å²) in [7, 11) is 0. The fourth-order valence-corrected chi connectivity index (χ4v) is 7.65. The highest BCUT2D eigenvalue weighted by Crippen LogP contribution is 2.51. The van der Waals surface area contributed by atoms with Crippen LogP contribution < -0.4 is 11.5 Å². The third-order valence-corrected chi connectivity index (χ3v) is 9.66. The van der Waals surface area contributed by atoms with Crippen molar-refractivity contribution in [2.24, 2.45) is 29.2 Å².